The third kappa shape index (κ3) is 4.93. The van der Waals surface area contributed by atoms with Crippen molar-refractivity contribution in [2.75, 3.05) is 11.5 Å². The number of para-hydroxylation sites is 1. The molecule has 170 valence electrons. The summed E-state index contributed by atoms with van der Waals surface area (Å²) in [6.45, 7) is 2.20. The number of thiazole rings is 1. The molecule has 3 N–H and O–H groups in total. The van der Waals surface area contributed by atoms with Crippen molar-refractivity contribution in [3.8, 4) is 0 Å². The van der Waals surface area contributed by atoms with Crippen molar-refractivity contribution in [2.45, 2.75) is 36.4 Å². The van der Waals surface area contributed by atoms with Crippen molar-refractivity contribution < 1.29 is 14.6 Å². The quantitative estimate of drug-likeness (QED) is 0.263. The molecule has 33 heavy (non-hydrogen) atoms. The Morgan fingerprint density at radius 2 is 1.82 bits per heavy atom. The minimum atomic E-state index is -0.506. The Morgan fingerprint density at radius 3 is 2.58 bits per heavy atom. The number of aliphatic hydroxyl groups is 1. The number of anilines is 1. The average molecular weight is 479 g/mol. The molecular weight excluding hydrogens is 452 g/mol. The lowest BCUT2D eigenvalue weighted by Crippen LogP contribution is -2.38. The van der Waals surface area contributed by atoms with E-state index < -0.39 is 6.29 Å². The third-order valence-corrected chi connectivity index (χ3v) is 8.22. The van der Waals surface area contributed by atoms with Gasteiger partial charge in [0.25, 0.3) is 0 Å². The number of nitrogens with zero attached hydrogens (tertiary/aromatic N) is 1. The molecular formula is C26H26N2O3S2. The Hall–Kier alpha value is -2.42. The van der Waals surface area contributed by atoms with Crippen LogP contribution in [0.2, 0.25) is 0 Å². The number of hydrogen-bond acceptors (Lipinski definition) is 7. The number of nitrogens with two attached hydrogens (primary N) is 1. The van der Waals surface area contributed by atoms with E-state index in [2.05, 4.69) is 13.0 Å². The van der Waals surface area contributed by atoms with Crippen LogP contribution in [0.1, 0.15) is 36.0 Å². The molecule has 0 unspecified atom stereocenters. The fourth-order valence-corrected chi connectivity index (χ4v) is 6.34. The van der Waals surface area contributed by atoms with Gasteiger partial charge in [-0.05, 0) is 35.4 Å². The molecule has 0 amide bonds. The second kappa shape index (κ2) is 9.83. The van der Waals surface area contributed by atoms with Crippen molar-refractivity contribution in [1.82, 2.24) is 4.98 Å². The van der Waals surface area contributed by atoms with E-state index in [4.69, 9.17) is 20.2 Å². The number of aromatic nitrogens is 1. The molecule has 5 nitrogen and oxygen atoms in total. The minimum Gasteiger partial charge on any atom is -0.399 e. The van der Waals surface area contributed by atoms with Crippen LogP contribution in [0.15, 0.2) is 77.1 Å². The zero-order valence-corrected chi connectivity index (χ0v) is 19.9. The highest BCUT2D eigenvalue weighted by Crippen LogP contribution is 2.43. The van der Waals surface area contributed by atoms with E-state index in [9.17, 15) is 5.11 Å². The predicted molar refractivity (Wildman–Crippen MR) is 134 cm³/mol. The van der Waals surface area contributed by atoms with E-state index in [1.165, 1.54) is 4.70 Å². The van der Waals surface area contributed by atoms with E-state index >= 15 is 0 Å². The molecule has 0 aliphatic carbocycles. The van der Waals surface area contributed by atoms with Gasteiger partial charge >= 0.3 is 0 Å². The van der Waals surface area contributed by atoms with E-state index in [0.717, 1.165) is 32.3 Å². The summed E-state index contributed by atoms with van der Waals surface area (Å²) in [6, 6.07) is 23.8. The monoisotopic (exact) mass is 478 g/mol. The van der Waals surface area contributed by atoms with Crippen molar-refractivity contribution >= 4 is 39.0 Å². The maximum absolute atomic E-state index is 9.41. The molecule has 0 radical (unpaired) electrons. The number of hydrogen-bond donors (Lipinski definition) is 2. The van der Waals surface area contributed by atoms with Gasteiger partial charge in [-0.15, -0.1) is 11.3 Å². The van der Waals surface area contributed by atoms with Crippen LogP contribution in [0.25, 0.3) is 10.2 Å². The summed E-state index contributed by atoms with van der Waals surface area (Å²) < 4.78 is 15.2. The number of benzene rings is 3. The minimum absolute atomic E-state index is 0.0256. The van der Waals surface area contributed by atoms with Crippen LogP contribution < -0.4 is 5.73 Å². The largest absolute Gasteiger partial charge is 0.399 e. The molecule has 1 fully saturated rings. The first kappa shape index (κ1) is 22.4. The lowest BCUT2D eigenvalue weighted by atomic mass is 9.91. The third-order valence-electron chi connectivity index (χ3n) is 5.95. The fraction of sp³-hybridized carbons (Fsp3) is 0.269. The number of fused-ring (bicyclic) bond motifs is 1. The number of nitrogen functional groups attached to an aromatic ring is 1. The molecule has 1 aliphatic heterocycles. The Kier molecular flexibility index (Phi) is 6.66. The van der Waals surface area contributed by atoms with Crippen LogP contribution in [0.5, 0.6) is 0 Å². The van der Waals surface area contributed by atoms with E-state index in [1.807, 2.05) is 66.7 Å². The van der Waals surface area contributed by atoms with Gasteiger partial charge in [0.2, 0.25) is 0 Å². The van der Waals surface area contributed by atoms with Crippen molar-refractivity contribution in [3.63, 3.8) is 0 Å². The molecule has 3 aromatic carbocycles. The highest BCUT2D eigenvalue weighted by atomic mass is 32.2. The Balaban J connectivity index is 1.40. The molecule has 0 bridgehead atoms. The van der Waals surface area contributed by atoms with Gasteiger partial charge in [-0.3, -0.25) is 0 Å². The maximum Gasteiger partial charge on any atom is 0.185 e. The molecule has 0 saturated carbocycles. The summed E-state index contributed by atoms with van der Waals surface area (Å²) in [5.41, 5.74) is 10.6. The first-order chi connectivity index (χ1) is 16.1. The average Bonchev–Trinajstić information content (AvgIpc) is 3.26. The van der Waals surface area contributed by atoms with E-state index in [1.54, 1.807) is 23.1 Å². The van der Waals surface area contributed by atoms with Crippen LogP contribution in [0, 0.1) is 5.92 Å². The van der Waals surface area contributed by atoms with Gasteiger partial charge in [-0.2, -0.15) is 0 Å². The van der Waals surface area contributed by atoms with Crippen LogP contribution in [-0.4, -0.2) is 21.9 Å². The van der Waals surface area contributed by atoms with Crippen molar-refractivity contribution in [3.05, 3.63) is 89.5 Å². The van der Waals surface area contributed by atoms with Gasteiger partial charge in [-0.1, -0.05) is 67.2 Å². The van der Waals surface area contributed by atoms with Gasteiger partial charge in [0.15, 0.2) is 10.6 Å². The van der Waals surface area contributed by atoms with Crippen LogP contribution in [-0.2, 0) is 16.1 Å². The number of rotatable bonds is 6. The van der Waals surface area contributed by atoms with Crippen LogP contribution in [0.3, 0.4) is 0 Å². The number of ether oxygens (including phenoxy) is 2. The smallest absolute Gasteiger partial charge is 0.185 e. The normalized spacial score (nSPS) is 23.1. The van der Waals surface area contributed by atoms with Gasteiger partial charge in [0.05, 0.1) is 29.0 Å². The Morgan fingerprint density at radius 1 is 1.00 bits per heavy atom. The molecule has 0 spiro atoms. The number of thioether (sulfide) groups is 1. The fourth-order valence-electron chi connectivity index (χ4n) is 4.08. The van der Waals surface area contributed by atoms with Gasteiger partial charge in [0, 0.05) is 22.9 Å². The zero-order valence-electron chi connectivity index (χ0n) is 18.3. The molecule has 1 aromatic heterocycles. The topological polar surface area (TPSA) is 77.6 Å². The lowest BCUT2D eigenvalue weighted by molar-refractivity contribution is -0.268. The molecule has 5 rings (SSSR count). The van der Waals surface area contributed by atoms with E-state index in [-0.39, 0.29) is 24.7 Å². The molecule has 2 heterocycles. The first-order valence-corrected chi connectivity index (χ1v) is 12.8. The second-order valence-electron chi connectivity index (χ2n) is 8.25. The van der Waals surface area contributed by atoms with Crippen molar-refractivity contribution in [2.24, 2.45) is 5.92 Å². The van der Waals surface area contributed by atoms with Crippen LogP contribution in [0.4, 0.5) is 5.69 Å². The van der Waals surface area contributed by atoms with E-state index in [0.29, 0.717) is 5.69 Å². The summed E-state index contributed by atoms with van der Waals surface area (Å²) in [4.78, 5) is 4.76. The molecule has 1 aliphatic rings. The maximum atomic E-state index is 9.41. The molecule has 4 aromatic rings. The summed E-state index contributed by atoms with van der Waals surface area (Å²) in [5, 5.41) is 9.41. The second-order valence-corrected chi connectivity index (χ2v) is 10.5. The van der Waals surface area contributed by atoms with Crippen molar-refractivity contribution in [1.29, 1.82) is 0 Å². The lowest BCUT2D eigenvalue weighted by Gasteiger charge is -2.41. The molecule has 7 heteroatoms. The Labute approximate surface area is 201 Å². The Bertz CT molecular complexity index is 1190. The van der Waals surface area contributed by atoms with Gasteiger partial charge < -0.3 is 20.3 Å². The standard InChI is InChI=1S/C26H26N2O3S2/c1-16-22(15-32-26-28-21-7-2-3-8-23(21)33-26)30-25(19-5-4-6-20(27)13-19)31-24(16)18-11-9-17(14-29)10-12-18/h2-13,16,22,24-25,29H,14-15,27H2,1H3/t16-,22+,24+,25+/m0/s1. The zero-order chi connectivity index (χ0) is 22.8. The molecule has 4 atom stereocenters. The SMILES string of the molecule is C[C@H]1[C@@H](CSc2nc3ccccc3s2)O[C@@H](c2cccc(N)c2)O[C@H]1c1ccc(CO)cc1. The number of aliphatic hydroxyl groups excluding tert-OH is 1. The van der Waals surface area contributed by atoms with Gasteiger partial charge in [-0.25, -0.2) is 4.98 Å². The van der Waals surface area contributed by atoms with Crippen LogP contribution >= 0.6 is 23.1 Å². The predicted octanol–water partition coefficient (Wildman–Crippen LogP) is 5.95. The van der Waals surface area contributed by atoms with Gasteiger partial charge in [0.1, 0.15) is 0 Å². The molecule has 1 saturated heterocycles. The highest BCUT2D eigenvalue weighted by Gasteiger charge is 2.38. The summed E-state index contributed by atoms with van der Waals surface area (Å²) >= 11 is 3.44. The first-order valence-electron chi connectivity index (χ1n) is 10.9. The summed E-state index contributed by atoms with van der Waals surface area (Å²) in [5.74, 6) is 0.901. The summed E-state index contributed by atoms with van der Waals surface area (Å²) in [6.07, 6.45) is -0.684. The highest BCUT2D eigenvalue weighted by molar-refractivity contribution is 8.01. The summed E-state index contributed by atoms with van der Waals surface area (Å²) in [7, 11) is 0.